The predicted octanol–water partition coefficient (Wildman–Crippen LogP) is 7.14. The first-order chi connectivity index (χ1) is 23.5. The molecule has 1 saturated heterocycles. The van der Waals surface area contributed by atoms with Gasteiger partial charge in [0.05, 0.1) is 37.7 Å². The minimum Gasteiger partial charge on any atom is -0.497 e. The van der Waals surface area contributed by atoms with Crippen molar-refractivity contribution in [3.8, 4) is 11.5 Å². The number of fused-ring (bicyclic) bond motifs is 1. The number of carbonyl (C=O) groups excluding carboxylic acids is 1. The Hall–Kier alpha value is -4.68. The molecule has 1 fully saturated rings. The SMILES string of the molecule is CCN1CCN(Cc2ccc(Cc3ncc4c(n3)N(c3ccc(OC)cc3OC)C(=O)N(c3c(C)cccc3C)C4)cc2C(F)(F)F)CC1. The average molecular weight is 675 g/mol. The topological polar surface area (TPSA) is 74.3 Å². The van der Waals surface area contributed by atoms with Gasteiger partial charge in [-0.2, -0.15) is 13.2 Å². The third-order valence-corrected chi connectivity index (χ3v) is 9.34. The summed E-state index contributed by atoms with van der Waals surface area (Å²) in [6.45, 7) is 10.5. The number of piperazine rings is 1. The summed E-state index contributed by atoms with van der Waals surface area (Å²) in [5.41, 5.74) is 3.81. The van der Waals surface area contributed by atoms with Crippen molar-refractivity contribution < 1.29 is 27.4 Å². The molecule has 2 aliphatic heterocycles. The minimum absolute atomic E-state index is 0.0498. The van der Waals surface area contributed by atoms with Crippen molar-refractivity contribution in [1.82, 2.24) is 19.8 Å². The van der Waals surface area contributed by atoms with Crippen LogP contribution in [-0.2, 0) is 25.7 Å². The van der Waals surface area contributed by atoms with Crippen molar-refractivity contribution in [3.63, 3.8) is 0 Å². The van der Waals surface area contributed by atoms with Crippen LogP contribution in [0.2, 0.25) is 0 Å². The number of aromatic nitrogens is 2. The highest BCUT2D eigenvalue weighted by atomic mass is 19.4. The highest BCUT2D eigenvalue weighted by Gasteiger charge is 2.37. The lowest BCUT2D eigenvalue weighted by molar-refractivity contribution is -0.138. The lowest BCUT2D eigenvalue weighted by Gasteiger charge is -2.37. The molecule has 3 heterocycles. The van der Waals surface area contributed by atoms with Crippen LogP contribution in [-0.4, -0.2) is 72.7 Å². The van der Waals surface area contributed by atoms with Gasteiger partial charge in [0.25, 0.3) is 0 Å². The molecular weight excluding hydrogens is 633 g/mol. The second-order valence-corrected chi connectivity index (χ2v) is 12.5. The summed E-state index contributed by atoms with van der Waals surface area (Å²) in [6, 6.07) is 15.1. The van der Waals surface area contributed by atoms with E-state index >= 15 is 0 Å². The van der Waals surface area contributed by atoms with Gasteiger partial charge in [-0.15, -0.1) is 0 Å². The van der Waals surface area contributed by atoms with Crippen LogP contribution < -0.4 is 19.3 Å². The van der Waals surface area contributed by atoms with E-state index < -0.39 is 11.7 Å². The van der Waals surface area contributed by atoms with E-state index in [1.54, 1.807) is 48.5 Å². The normalized spacial score (nSPS) is 15.8. The summed E-state index contributed by atoms with van der Waals surface area (Å²) in [5, 5.41) is 0. The van der Waals surface area contributed by atoms with E-state index in [4.69, 9.17) is 14.5 Å². The van der Waals surface area contributed by atoms with Gasteiger partial charge in [-0.05, 0) is 60.8 Å². The first-order valence-corrected chi connectivity index (χ1v) is 16.4. The molecule has 49 heavy (non-hydrogen) atoms. The Morgan fingerprint density at radius 1 is 0.898 bits per heavy atom. The number of rotatable bonds is 9. The van der Waals surface area contributed by atoms with Gasteiger partial charge in [-0.25, -0.2) is 19.7 Å². The van der Waals surface area contributed by atoms with Crippen LogP contribution in [0.4, 0.5) is 35.2 Å². The maximum absolute atomic E-state index is 14.5. The van der Waals surface area contributed by atoms with Gasteiger partial charge in [0.2, 0.25) is 0 Å². The number of aryl methyl sites for hydroxylation is 2. The van der Waals surface area contributed by atoms with Gasteiger partial charge in [0.1, 0.15) is 23.1 Å². The Bertz CT molecular complexity index is 1820. The van der Waals surface area contributed by atoms with Crippen molar-refractivity contribution in [2.24, 2.45) is 0 Å². The van der Waals surface area contributed by atoms with Gasteiger partial charge < -0.3 is 14.4 Å². The first-order valence-electron chi connectivity index (χ1n) is 16.4. The van der Waals surface area contributed by atoms with Crippen LogP contribution in [0, 0.1) is 13.8 Å². The Labute approximate surface area is 284 Å². The molecule has 0 saturated carbocycles. The van der Waals surface area contributed by atoms with Crippen molar-refractivity contribution in [2.45, 2.75) is 46.5 Å². The molecule has 1 aromatic heterocycles. The molecule has 0 bridgehead atoms. The lowest BCUT2D eigenvalue weighted by atomic mass is 10.0. The van der Waals surface area contributed by atoms with Crippen molar-refractivity contribution in [2.75, 3.05) is 56.7 Å². The number of hydrogen-bond acceptors (Lipinski definition) is 7. The fraction of sp³-hybridized carbons (Fsp3) is 0.378. The van der Waals surface area contributed by atoms with E-state index in [1.165, 1.54) is 18.1 Å². The number of hydrogen-bond donors (Lipinski definition) is 0. The molecule has 0 aliphatic carbocycles. The van der Waals surface area contributed by atoms with Crippen LogP contribution in [0.5, 0.6) is 11.5 Å². The van der Waals surface area contributed by atoms with Gasteiger partial charge in [0, 0.05) is 57.0 Å². The van der Waals surface area contributed by atoms with Crippen LogP contribution in [0.25, 0.3) is 0 Å². The van der Waals surface area contributed by atoms with E-state index in [2.05, 4.69) is 21.7 Å². The number of para-hydroxylation sites is 1. The summed E-state index contributed by atoms with van der Waals surface area (Å²) >= 11 is 0. The molecule has 258 valence electrons. The second-order valence-electron chi connectivity index (χ2n) is 12.5. The highest BCUT2D eigenvalue weighted by molar-refractivity contribution is 6.11. The standard InChI is InChI=1S/C37H41F3N6O3/c1-6-43-14-16-44(17-15-43)22-27-11-10-26(18-30(27)37(38,39)40)19-33-41-21-28-23-45(34-24(2)8-7-9-25(34)3)36(47)46(35(28)42-33)31-13-12-29(48-4)20-32(31)49-5/h7-13,18,20-21H,6,14-17,19,22-23H2,1-5H3. The quantitative estimate of drug-likeness (QED) is 0.187. The fourth-order valence-electron chi connectivity index (χ4n) is 6.69. The van der Waals surface area contributed by atoms with E-state index in [1.807, 2.05) is 32.0 Å². The number of halogens is 3. The molecular formula is C37H41F3N6O3. The molecule has 0 N–H and O–H groups in total. The Balaban J connectivity index is 1.36. The van der Waals surface area contributed by atoms with Gasteiger partial charge in [-0.1, -0.05) is 37.3 Å². The van der Waals surface area contributed by atoms with Crippen molar-refractivity contribution in [1.29, 1.82) is 0 Å². The number of methoxy groups -OCH3 is 2. The average Bonchev–Trinajstić information content (AvgIpc) is 3.09. The number of amides is 2. The van der Waals surface area contributed by atoms with E-state index in [0.29, 0.717) is 40.0 Å². The summed E-state index contributed by atoms with van der Waals surface area (Å²) in [7, 11) is 3.05. The van der Waals surface area contributed by atoms with E-state index in [-0.39, 0.29) is 31.1 Å². The summed E-state index contributed by atoms with van der Waals surface area (Å²) in [5.74, 6) is 1.58. The van der Waals surface area contributed by atoms with Crippen molar-refractivity contribution >= 4 is 23.2 Å². The molecule has 9 nitrogen and oxygen atoms in total. The monoisotopic (exact) mass is 674 g/mol. The number of nitrogens with zero attached hydrogens (tertiary/aromatic N) is 6. The van der Waals surface area contributed by atoms with Crippen LogP contribution in [0.1, 0.15) is 46.1 Å². The molecule has 6 rings (SSSR count). The third kappa shape index (κ3) is 7.06. The van der Waals surface area contributed by atoms with Gasteiger partial charge >= 0.3 is 12.2 Å². The molecule has 12 heteroatoms. The minimum atomic E-state index is -4.52. The Kier molecular flexibility index (Phi) is 9.80. The van der Waals surface area contributed by atoms with Crippen LogP contribution in [0.15, 0.2) is 60.8 Å². The zero-order valence-electron chi connectivity index (χ0n) is 28.5. The van der Waals surface area contributed by atoms with Gasteiger partial charge in [0.15, 0.2) is 0 Å². The number of carbonyl (C=O) groups is 1. The van der Waals surface area contributed by atoms with E-state index in [9.17, 15) is 18.0 Å². The zero-order valence-corrected chi connectivity index (χ0v) is 28.5. The lowest BCUT2D eigenvalue weighted by Crippen LogP contribution is -2.46. The Morgan fingerprint density at radius 3 is 2.27 bits per heavy atom. The first kappa shape index (κ1) is 34.2. The second kappa shape index (κ2) is 14.0. The maximum Gasteiger partial charge on any atom is 0.416 e. The van der Waals surface area contributed by atoms with Crippen LogP contribution >= 0.6 is 0 Å². The third-order valence-electron chi connectivity index (χ3n) is 9.34. The highest BCUT2D eigenvalue weighted by Crippen LogP contribution is 2.42. The number of likely N-dealkylation sites (N-methyl/N-ethyl adjacent to an activating group) is 1. The maximum atomic E-state index is 14.5. The summed E-state index contributed by atoms with van der Waals surface area (Å²) in [4.78, 5) is 31.4. The fourth-order valence-corrected chi connectivity index (χ4v) is 6.69. The largest absolute Gasteiger partial charge is 0.497 e. The number of ether oxygens (including phenoxy) is 2. The molecule has 0 atom stereocenters. The molecule has 0 unspecified atom stereocenters. The summed E-state index contributed by atoms with van der Waals surface area (Å²) < 4.78 is 54.2. The van der Waals surface area contributed by atoms with Crippen molar-refractivity contribution in [3.05, 3.63) is 100.0 Å². The van der Waals surface area contributed by atoms with E-state index in [0.717, 1.165) is 49.5 Å². The smallest absolute Gasteiger partial charge is 0.416 e. The molecule has 0 radical (unpaired) electrons. The molecule has 2 aliphatic rings. The Morgan fingerprint density at radius 2 is 1.61 bits per heavy atom. The number of benzene rings is 3. The van der Waals surface area contributed by atoms with Crippen LogP contribution in [0.3, 0.4) is 0 Å². The summed E-state index contributed by atoms with van der Waals surface area (Å²) in [6.07, 6.45) is -2.81. The molecule has 3 aromatic carbocycles. The molecule has 0 spiro atoms. The predicted molar refractivity (Wildman–Crippen MR) is 183 cm³/mol. The zero-order chi connectivity index (χ0) is 34.9. The molecule has 2 amide bonds. The van der Waals surface area contributed by atoms with Gasteiger partial charge in [-0.3, -0.25) is 9.80 Å². The number of alkyl halides is 3. The number of anilines is 3. The number of urea groups is 1. The molecule has 4 aromatic rings.